The predicted molar refractivity (Wildman–Crippen MR) is 93.0 cm³/mol. The highest BCUT2D eigenvalue weighted by Crippen LogP contribution is 2.18. The Labute approximate surface area is 140 Å². The highest BCUT2D eigenvalue weighted by atomic mass is 16.5. The normalized spacial score (nSPS) is 11.7. The predicted octanol–water partition coefficient (Wildman–Crippen LogP) is 3.31. The number of nitrogens with one attached hydrogen (secondary N) is 1. The molecule has 0 aliphatic carbocycles. The van der Waals surface area contributed by atoms with Gasteiger partial charge in [0, 0.05) is 24.9 Å². The zero-order chi connectivity index (χ0) is 16.8. The van der Waals surface area contributed by atoms with Gasteiger partial charge in [0.1, 0.15) is 6.04 Å². The third-order valence-electron chi connectivity index (χ3n) is 3.77. The molecule has 122 valence electrons. The minimum absolute atomic E-state index is 0.0815. The molecular formula is C19H19N3O2. The molecule has 0 unspecified atom stereocenters. The molecule has 0 saturated heterocycles. The van der Waals surface area contributed by atoms with Gasteiger partial charge in [0.05, 0.1) is 19.0 Å². The minimum Gasteiger partial charge on any atom is -0.481 e. The van der Waals surface area contributed by atoms with E-state index < -0.39 is 0 Å². The third-order valence-corrected chi connectivity index (χ3v) is 3.77. The molecule has 2 aromatic heterocycles. The lowest BCUT2D eigenvalue weighted by atomic mass is 10.1. The summed E-state index contributed by atoms with van der Waals surface area (Å²) in [5.74, 6) is 0.432. The van der Waals surface area contributed by atoms with E-state index in [1.165, 1.54) is 0 Å². The number of ether oxygens (including phenoxy) is 1. The quantitative estimate of drug-likeness (QED) is 0.758. The van der Waals surface area contributed by atoms with Crippen molar-refractivity contribution < 1.29 is 9.53 Å². The fraction of sp³-hybridized carbons (Fsp3) is 0.158. The zero-order valence-corrected chi connectivity index (χ0v) is 13.4. The smallest absolute Gasteiger partial charge is 0.247 e. The number of aromatic nitrogens is 2. The van der Waals surface area contributed by atoms with E-state index in [9.17, 15) is 4.79 Å². The van der Waals surface area contributed by atoms with Crippen LogP contribution in [0, 0.1) is 0 Å². The number of anilines is 1. The molecule has 0 radical (unpaired) electrons. The van der Waals surface area contributed by atoms with Gasteiger partial charge in [0.15, 0.2) is 0 Å². The first-order chi connectivity index (χ1) is 11.8. The monoisotopic (exact) mass is 321 g/mol. The summed E-state index contributed by atoms with van der Waals surface area (Å²) in [5.41, 5.74) is 1.75. The fourth-order valence-corrected chi connectivity index (χ4v) is 2.53. The van der Waals surface area contributed by atoms with Crippen molar-refractivity contribution >= 4 is 11.6 Å². The highest BCUT2D eigenvalue weighted by molar-refractivity contribution is 5.93. The Morgan fingerprint density at radius 1 is 1.12 bits per heavy atom. The molecule has 0 aliphatic rings. The minimum atomic E-state index is -0.329. The van der Waals surface area contributed by atoms with Crippen molar-refractivity contribution in [3.63, 3.8) is 0 Å². The van der Waals surface area contributed by atoms with Gasteiger partial charge >= 0.3 is 0 Å². The van der Waals surface area contributed by atoms with E-state index in [1.807, 2.05) is 59.4 Å². The number of methoxy groups -OCH3 is 1. The Hall–Kier alpha value is -3.08. The Bertz CT molecular complexity index is 768. The van der Waals surface area contributed by atoms with E-state index in [4.69, 9.17) is 4.74 Å². The van der Waals surface area contributed by atoms with Crippen LogP contribution in [0.25, 0.3) is 0 Å². The van der Waals surface area contributed by atoms with Crippen LogP contribution in [-0.4, -0.2) is 22.6 Å². The molecule has 1 amide bonds. The molecule has 0 spiro atoms. The van der Waals surface area contributed by atoms with Crippen molar-refractivity contribution in [3.05, 3.63) is 78.8 Å². The van der Waals surface area contributed by atoms with Crippen LogP contribution in [-0.2, 0) is 11.2 Å². The number of hydrogen-bond donors (Lipinski definition) is 1. The summed E-state index contributed by atoms with van der Waals surface area (Å²) in [6, 6.07) is 17.0. The first kappa shape index (κ1) is 15.8. The number of rotatable bonds is 6. The van der Waals surface area contributed by atoms with E-state index >= 15 is 0 Å². The van der Waals surface area contributed by atoms with Gasteiger partial charge in [-0.1, -0.05) is 30.3 Å². The van der Waals surface area contributed by atoms with Gasteiger partial charge in [-0.15, -0.1) is 0 Å². The average molecular weight is 321 g/mol. The lowest BCUT2D eigenvalue weighted by molar-refractivity contribution is -0.119. The van der Waals surface area contributed by atoms with E-state index in [0.29, 0.717) is 18.0 Å². The number of nitrogens with zero attached hydrogens (tertiary/aromatic N) is 2. The Kier molecular flexibility index (Phi) is 4.91. The number of benzene rings is 1. The van der Waals surface area contributed by atoms with Crippen LogP contribution >= 0.6 is 0 Å². The molecule has 0 aliphatic heterocycles. The van der Waals surface area contributed by atoms with Crippen LogP contribution in [0.4, 0.5) is 5.69 Å². The molecule has 24 heavy (non-hydrogen) atoms. The molecule has 3 rings (SSSR count). The average Bonchev–Trinajstić information content (AvgIpc) is 3.15. The number of carbonyl (C=O) groups is 1. The number of amides is 1. The molecule has 0 fully saturated rings. The second-order valence-corrected chi connectivity index (χ2v) is 5.41. The van der Waals surface area contributed by atoms with Crippen LogP contribution in [0.2, 0.25) is 0 Å². The van der Waals surface area contributed by atoms with Crippen molar-refractivity contribution in [2.75, 3.05) is 12.4 Å². The van der Waals surface area contributed by atoms with Gasteiger partial charge in [-0.3, -0.25) is 4.79 Å². The van der Waals surface area contributed by atoms with Crippen LogP contribution in [0.15, 0.2) is 73.2 Å². The zero-order valence-electron chi connectivity index (χ0n) is 13.4. The summed E-state index contributed by atoms with van der Waals surface area (Å²) < 4.78 is 6.95. The van der Waals surface area contributed by atoms with Gasteiger partial charge in [0.25, 0.3) is 0 Å². The number of pyridine rings is 1. The summed E-state index contributed by atoms with van der Waals surface area (Å²) in [6.07, 6.45) is 6.01. The van der Waals surface area contributed by atoms with Crippen LogP contribution in [0.1, 0.15) is 11.6 Å². The Morgan fingerprint density at radius 2 is 1.88 bits per heavy atom. The van der Waals surface area contributed by atoms with Crippen LogP contribution < -0.4 is 10.1 Å². The maximum atomic E-state index is 12.8. The third kappa shape index (κ3) is 3.81. The molecule has 0 bridgehead atoms. The molecule has 1 aromatic carbocycles. The summed E-state index contributed by atoms with van der Waals surface area (Å²) in [7, 11) is 1.56. The molecule has 5 nitrogen and oxygen atoms in total. The Balaban J connectivity index is 1.78. The second-order valence-electron chi connectivity index (χ2n) is 5.41. The van der Waals surface area contributed by atoms with E-state index in [-0.39, 0.29) is 11.9 Å². The first-order valence-electron chi connectivity index (χ1n) is 7.73. The first-order valence-corrected chi connectivity index (χ1v) is 7.73. The van der Waals surface area contributed by atoms with Crippen LogP contribution in [0.3, 0.4) is 0 Å². The standard InChI is InChI=1S/C19H19N3O2/c1-24-18-10-9-16(14-20-18)21-19(23)17(22-11-5-6-12-22)13-15-7-3-2-4-8-15/h2-12,14,17H,13H2,1H3,(H,21,23)/t17-/m1/s1. The van der Waals surface area contributed by atoms with Gasteiger partial charge in [-0.2, -0.15) is 0 Å². The summed E-state index contributed by atoms with van der Waals surface area (Å²) in [5, 5.41) is 2.92. The van der Waals surface area contributed by atoms with E-state index in [2.05, 4.69) is 10.3 Å². The van der Waals surface area contributed by atoms with Gasteiger partial charge in [-0.25, -0.2) is 4.98 Å². The van der Waals surface area contributed by atoms with Crippen molar-refractivity contribution in [2.45, 2.75) is 12.5 Å². The van der Waals surface area contributed by atoms with Crippen molar-refractivity contribution in [1.82, 2.24) is 9.55 Å². The molecular weight excluding hydrogens is 302 g/mol. The number of carbonyl (C=O) groups excluding carboxylic acids is 1. The van der Waals surface area contributed by atoms with Gasteiger partial charge in [0.2, 0.25) is 11.8 Å². The Morgan fingerprint density at radius 3 is 2.50 bits per heavy atom. The highest BCUT2D eigenvalue weighted by Gasteiger charge is 2.20. The van der Waals surface area contributed by atoms with Crippen LogP contribution in [0.5, 0.6) is 5.88 Å². The lowest BCUT2D eigenvalue weighted by Gasteiger charge is -2.19. The molecule has 1 N–H and O–H groups in total. The fourth-order valence-electron chi connectivity index (χ4n) is 2.53. The molecule has 0 saturated carbocycles. The molecule has 5 heteroatoms. The maximum Gasteiger partial charge on any atom is 0.247 e. The van der Waals surface area contributed by atoms with Crippen molar-refractivity contribution in [2.24, 2.45) is 0 Å². The molecule has 1 atom stereocenters. The lowest BCUT2D eigenvalue weighted by Crippen LogP contribution is -2.27. The molecule has 2 heterocycles. The summed E-state index contributed by atoms with van der Waals surface area (Å²) >= 11 is 0. The SMILES string of the molecule is COc1ccc(NC(=O)[C@@H](Cc2ccccc2)n2cccc2)cn1. The van der Waals surface area contributed by atoms with E-state index in [0.717, 1.165) is 5.56 Å². The maximum absolute atomic E-state index is 12.8. The number of hydrogen-bond acceptors (Lipinski definition) is 3. The van der Waals surface area contributed by atoms with Crippen molar-refractivity contribution in [1.29, 1.82) is 0 Å². The molecule has 3 aromatic rings. The topological polar surface area (TPSA) is 56.1 Å². The second kappa shape index (κ2) is 7.46. The largest absolute Gasteiger partial charge is 0.481 e. The van der Waals surface area contributed by atoms with Gasteiger partial charge < -0.3 is 14.6 Å². The summed E-state index contributed by atoms with van der Waals surface area (Å²) in [4.78, 5) is 16.9. The summed E-state index contributed by atoms with van der Waals surface area (Å²) in [6.45, 7) is 0. The van der Waals surface area contributed by atoms with Crippen molar-refractivity contribution in [3.8, 4) is 5.88 Å². The van der Waals surface area contributed by atoms with E-state index in [1.54, 1.807) is 25.4 Å². The van der Waals surface area contributed by atoms with Gasteiger partial charge in [-0.05, 0) is 23.8 Å².